The lowest BCUT2D eigenvalue weighted by atomic mass is 10.3. The quantitative estimate of drug-likeness (QED) is 0.540. The van der Waals surface area contributed by atoms with Gasteiger partial charge in [-0.15, -0.1) is 11.3 Å². The van der Waals surface area contributed by atoms with E-state index in [1.165, 1.54) is 6.07 Å². The molecule has 0 saturated carbocycles. The Labute approximate surface area is 86.0 Å². The second-order valence-electron chi connectivity index (χ2n) is 2.59. The van der Waals surface area contributed by atoms with Crippen LogP contribution in [-0.4, -0.2) is 21.4 Å². The molecule has 0 aliphatic carbocycles. The molecule has 5 nitrogen and oxygen atoms in total. The van der Waals surface area contributed by atoms with Gasteiger partial charge in [-0.05, 0) is 18.6 Å². The van der Waals surface area contributed by atoms with Crippen molar-refractivity contribution in [1.82, 2.24) is 5.32 Å². The molecule has 14 heavy (non-hydrogen) atoms. The van der Waals surface area contributed by atoms with E-state index in [1.807, 2.05) is 0 Å². The van der Waals surface area contributed by atoms with Crippen molar-refractivity contribution in [2.24, 2.45) is 5.14 Å². The highest BCUT2D eigenvalue weighted by atomic mass is 32.2. The summed E-state index contributed by atoms with van der Waals surface area (Å²) >= 11 is 1.12. The summed E-state index contributed by atoms with van der Waals surface area (Å²) < 4.78 is 21.9. The summed E-state index contributed by atoms with van der Waals surface area (Å²) in [5.41, 5.74) is 0. The number of sulfonamides is 1. The van der Waals surface area contributed by atoms with Crippen LogP contribution in [0.1, 0.15) is 4.88 Å². The molecular weight excluding hydrogens is 224 g/mol. The minimum atomic E-state index is -3.58. The van der Waals surface area contributed by atoms with Gasteiger partial charge < -0.3 is 5.32 Å². The van der Waals surface area contributed by atoms with Crippen LogP contribution in [0.2, 0.25) is 0 Å². The van der Waals surface area contributed by atoms with Crippen LogP contribution >= 0.6 is 11.3 Å². The van der Waals surface area contributed by atoms with Gasteiger partial charge in [0.05, 0.1) is 0 Å². The number of carbonyl (C=O) groups excluding carboxylic acids is 1. The highest BCUT2D eigenvalue weighted by molar-refractivity contribution is 7.91. The smallest absolute Gasteiger partial charge is 0.247 e. The van der Waals surface area contributed by atoms with E-state index in [4.69, 9.17) is 5.14 Å². The van der Waals surface area contributed by atoms with Crippen LogP contribution in [0.15, 0.2) is 16.3 Å². The molecule has 0 saturated heterocycles. The number of nitrogens with two attached hydrogens (primary N) is 1. The van der Waals surface area contributed by atoms with Crippen LogP contribution in [0.25, 0.3) is 0 Å². The van der Waals surface area contributed by atoms with Gasteiger partial charge in [-0.1, -0.05) is 0 Å². The normalized spacial score (nSPS) is 11.2. The predicted molar refractivity (Wildman–Crippen MR) is 53.5 cm³/mol. The summed E-state index contributed by atoms with van der Waals surface area (Å²) in [6, 6.07) is 3.16. The van der Waals surface area contributed by atoms with E-state index in [1.54, 1.807) is 6.07 Å². The van der Waals surface area contributed by atoms with E-state index in [2.05, 4.69) is 5.32 Å². The van der Waals surface area contributed by atoms with Gasteiger partial charge in [-0.25, -0.2) is 13.6 Å². The molecule has 1 rings (SSSR count). The van der Waals surface area contributed by atoms with Crippen molar-refractivity contribution in [3.8, 4) is 0 Å². The summed E-state index contributed by atoms with van der Waals surface area (Å²) in [7, 11) is -3.58. The fourth-order valence-electron chi connectivity index (χ4n) is 0.900. The fourth-order valence-corrected chi connectivity index (χ4v) is 2.68. The van der Waals surface area contributed by atoms with Crippen LogP contribution < -0.4 is 10.5 Å². The number of carbonyl (C=O) groups is 1. The second kappa shape index (κ2) is 4.54. The van der Waals surface area contributed by atoms with Crippen molar-refractivity contribution in [2.75, 3.05) is 6.54 Å². The Hall–Kier alpha value is -0.920. The second-order valence-corrected chi connectivity index (χ2v) is 5.54. The summed E-state index contributed by atoms with van der Waals surface area (Å²) in [6.45, 7) is 0.494. The highest BCUT2D eigenvalue weighted by Crippen LogP contribution is 2.20. The maximum absolute atomic E-state index is 10.9. The molecule has 0 fully saturated rings. The standard InChI is InChI=1S/C7H10N2O3S2/c8-14(11,12)7-2-1-6(13-7)3-4-9-5-10/h1-2,5H,3-4H2,(H,9,10)(H2,8,11,12). The van der Waals surface area contributed by atoms with Crippen LogP contribution in [0.4, 0.5) is 0 Å². The first kappa shape index (κ1) is 11.2. The first-order chi connectivity index (χ1) is 6.54. The average Bonchev–Trinajstić information content (AvgIpc) is 2.52. The van der Waals surface area contributed by atoms with Crippen molar-refractivity contribution in [3.63, 3.8) is 0 Å². The van der Waals surface area contributed by atoms with E-state index >= 15 is 0 Å². The van der Waals surface area contributed by atoms with Crippen molar-refractivity contribution in [2.45, 2.75) is 10.6 Å². The molecule has 7 heteroatoms. The maximum atomic E-state index is 10.9. The van der Waals surface area contributed by atoms with Gasteiger partial charge in [0, 0.05) is 11.4 Å². The number of nitrogens with one attached hydrogen (secondary N) is 1. The van der Waals surface area contributed by atoms with E-state index in [9.17, 15) is 13.2 Å². The summed E-state index contributed by atoms with van der Waals surface area (Å²) in [4.78, 5) is 10.8. The number of hydrogen-bond acceptors (Lipinski definition) is 4. The van der Waals surface area contributed by atoms with Gasteiger partial charge in [-0.2, -0.15) is 0 Å². The molecule has 3 N–H and O–H groups in total. The first-order valence-corrected chi connectivity index (χ1v) is 6.19. The number of amides is 1. The van der Waals surface area contributed by atoms with Gasteiger partial charge in [0.2, 0.25) is 16.4 Å². The summed E-state index contributed by atoms with van der Waals surface area (Å²) in [5.74, 6) is 0. The molecule has 1 aromatic heterocycles. The van der Waals surface area contributed by atoms with E-state index < -0.39 is 10.0 Å². The Balaban J connectivity index is 2.64. The molecule has 0 aromatic carbocycles. The maximum Gasteiger partial charge on any atom is 0.247 e. The molecule has 1 aromatic rings. The Bertz CT molecular complexity index is 410. The molecule has 0 unspecified atom stereocenters. The summed E-state index contributed by atoms with van der Waals surface area (Å²) in [6.07, 6.45) is 1.22. The van der Waals surface area contributed by atoms with Crippen LogP contribution in [0.3, 0.4) is 0 Å². The lowest BCUT2D eigenvalue weighted by molar-refractivity contribution is -0.109. The van der Waals surface area contributed by atoms with Gasteiger partial charge in [0.15, 0.2) is 0 Å². The van der Waals surface area contributed by atoms with Gasteiger partial charge in [0.25, 0.3) is 0 Å². The van der Waals surface area contributed by atoms with Gasteiger partial charge in [0.1, 0.15) is 4.21 Å². The van der Waals surface area contributed by atoms with Gasteiger partial charge >= 0.3 is 0 Å². The zero-order valence-electron chi connectivity index (χ0n) is 7.26. The molecule has 0 atom stereocenters. The molecule has 78 valence electrons. The summed E-state index contributed by atoms with van der Waals surface area (Å²) in [5, 5.41) is 7.43. The first-order valence-electron chi connectivity index (χ1n) is 3.82. The van der Waals surface area contributed by atoms with E-state index in [0.717, 1.165) is 16.2 Å². The third-order valence-corrected chi connectivity index (χ3v) is 4.10. The fraction of sp³-hybridized carbons (Fsp3) is 0.286. The van der Waals surface area contributed by atoms with Crippen molar-refractivity contribution < 1.29 is 13.2 Å². The van der Waals surface area contributed by atoms with Crippen molar-refractivity contribution >= 4 is 27.8 Å². The molecule has 0 aliphatic heterocycles. The topological polar surface area (TPSA) is 89.3 Å². The molecule has 0 radical (unpaired) electrons. The lowest BCUT2D eigenvalue weighted by Gasteiger charge is -1.94. The molecule has 0 bridgehead atoms. The zero-order valence-corrected chi connectivity index (χ0v) is 8.90. The number of hydrogen-bond donors (Lipinski definition) is 2. The third kappa shape index (κ3) is 3.09. The Kier molecular flexibility index (Phi) is 3.62. The van der Waals surface area contributed by atoms with Crippen molar-refractivity contribution in [3.05, 3.63) is 17.0 Å². The Morgan fingerprint density at radius 2 is 2.21 bits per heavy atom. The number of rotatable bonds is 5. The minimum absolute atomic E-state index is 0.151. The Morgan fingerprint density at radius 1 is 1.50 bits per heavy atom. The van der Waals surface area contributed by atoms with Crippen LogP contribution in [-0.2, 0) is 21.2 Å². The Morgan fingerprint density at radius 3 is 2.71 bits per heavy atom. The molecule has 0 aliphatic rings. The average molecular weight is 234 g/mol. The van der Waals surface area contributed by atoms with Crippen LogP contribution in [0.5, 0.6) is 0 Å². The number of thiophene rings is 1. The van der Waals surface area contributed by atoms with Gasteiger partial charge in [-0.3, -0.25) is 4.79 Å². The lowest BCUT2D eigenvalue weighted by Crippen LogP contribution is -2.13. The van der Waals surface area contributed by atoms with Crippen molar-refractivity contribution in [1.29, 1.82) is 0 Å². The third-order valence-electron chi connectivity index (χ3n) is 1.52. The largest absolute Gasteiger partial charge is 0.358 e. The minimum Gasteiger partial charge on any atom is -0.358 e. The SMILES string of the molecule is NS(=O)(=O)c1ccc(CCNC=O)s1. The van der Waals surface area contributed by atoms with E-state index in [0.29, 0.717) is 19.4 Å². The zero-order chi connectivity index (χ0) is 10.6. The molecule has 0 spiro atoms. The molecule has 1 heterocycles. The predicted octanol–water partition coefficient (Wildman–Crippen LogP) is -0.316. The van der Waals surface area contributed by atoms with Crippen LogP contribution in [0, 0.1) is 0 Å². The monoisotopic (exact) mass is 234 g/mol. The molecule has 1 amide bonds. The number of primary sulfonamides is 1. The van der Waals surface area contributed by atoms with E-state index in [-0.39, 0.29) is 4.21 Å². The highest BCUT2D eigenvalue weighted by Gasteiger charge is 2.10. The molecular formula is C7H10N2O3S2.